The number of rotatable bonds is 7. The average Bonchev–Trinajstić information content (AvgIpc) is 3.30. The highest BCUT2D eigenvalue weighted by atomic mass is 32.2. The predicted molar refractivity (Wildman–Crippen MR) is 105 cm³/mol. The molecule has 12 heteroatoms. The number of carbonyl (C=O) groups excluding carboxylic acids is 3. The smallest absolute Gasteiger partial charge is 0.338 e. The van der Waals surface area contributed by atoms with Crippen LogP contribution in [-0.4, -0.2) is 63.5 Å². The predicted octanol–water partition coefficient (Wildman–Crippen LogP) is 0.483. The van der Waals surface area contributed by atoms with E-state index >= 15 is 0 Å². The molecule has 0 spiro atoms. The van der Waals surface area contributed by atoms with E-state index in [0.29, 0.717) is 19.0 Å². The molecular weight excluding hydrogens is 430 g/mol. The van der Waals surface area contributed by atoms with E-state index < -0.39 is 34.5 Å². The van der Waals surface area contributed by atoms with Gasteiger partial charge in [0, 0.05) is 13.1 Å². The lowest BCUT2D eigenvalue weighted by Gasteiger charge is -2.26. The third-order valence-electron chi connectivity index (χ3n) is 4.27. The molecule has 0 radical (unpaired) electrons. The van der Waals surface area contributed by atoms with E-state index in [1.807, 2.05) is 5.32 Å². The number of imide groups is 1. The topological polar surface area (TPSA) is 144 Å². The van der Waals surface area contributed by atoms with Crippen LogP contribution in [0.2, 0.25) is 0 Å². The molecule has 1 aliphatic rings. The van der Waals surface area contributed by atoms with Gasteiger partial charge in [0.25, 0.3) is 5.91 Å². The SMILES string of the molecule is O=C(COC(=O)c1cccc(S(=O)(=O)N2CCOCC2)c1)NC(=O)NCc1ccco1. The summed E-state index contributed by atoms with van der Waals surface area (Å²) in [6, 6.07) is 7.85. The van der Waals surface area contributed by atoms with E-state index in [2.05, 4.69) is 5.32 Å². The van der Waals surface area contributed by atoms with Gasteiger partial charge in [-0.05, 0) is 30.3 Å². The van der Waals surface area contributed by atoms with Crippen LogP contribution in [0.3, 0.4) is 0 Å². The summed E-state index contributed by atoms with van der Waals surface area (Å²) < 4.78 is 41.7. The summed E-state index contributed by atoms with van der Waals surface area (Å²) in [5.41, 5.74) is -0.0376. The number of nitrogens with zero attached hydrogens (tertiary/aromatic N) is 1. The molecule has 3 rings (SSSR count). The Kier molecular flexibility index (Phi) is 7.39. The minimum absolute atomic E-state index is 0.0376. The maximum Gasteiger partial charge on any atom is 0.338 e. The number of ether oxygens (including phenoxy) is 2. The molecule has 1 fully saturated rings. The quantitative estimate of drug-likeness (QED) is 0.579. The number of urea groups is 1. The van der Waals surface area contributed by atoms with Crippen LogP contribution in [0.15, 0.2) is 52.0 Å². The highest BCUT2D eigenvalue weighted by Gasteiger charge is 2.27. The molecule has 1 saturated heterocycles. The third-order valence-corrected chi connectivity index (χ3v) is 6.16. The molecule has 2 heterocycles. The molecule has 3 amide bonds. The van der Waals surface area contributed by atoms with Crippen molar-refractivity contribution in [3.8, 4) is 0 Å². The number of hydrogen-bond donors (Lipinski definition) is 2. The van der Waals surface area contributed by atoms with Crippen LogP contribution < -0.4 is 10.6 Å². The molecule has 31 heavy (non-hydrogen) atoms. The molecule has 0 bridgehead atoms. The van der Waals surface area contributed by atoms with Gasteiger partial charge in [0.05, 0.1) is 36.5 Å². The zero-order valence-corrected chi connectivity index (χ0v) is 17.2. The van der Waals surface area contributed by atoms with Crippen LogP contribution >= 0.6 is 0 Å². The molecule has 0 saturated carbocycles. The Bertz CT molecular complexity index is 1030. The summed E-state index contributed by atoms with van der Waals surface area (Å²) in [7, 11) is -3.78. The normalized spacial score (nSPS) is 14.6. The number of morpholine rings is 1. The lowest BCUT2D eigenvalue weighted by atomic mass is 10.2. The molecule has 11 nitrogen and oxygen atoms in total. The van der Waals surface area contributed by atoms with Crippen LogP contribution in [0.5, 0.6) is 0 Å². The highest BCUT2D eigenvalue weighted by Crippen LogP contribution is 2.18. The fourth-order valence-electron chi connectivity index (χ4n) is 2.72. The minimum atomic E-state index is -3.78. The molecule has 166 valence electrons. The largest absolute Gasteiger partial charge is 0.467 e. The van der Waals surface area contributed by atoms with Crippen molar-refractivity contribution in [1.29, 1.82) is 0 Å². The summed E-state index contributed by atoms with van der Waals surface area (Å²) in [6.45, 7) is 0.401. The second kappa shape index (κ2) is 10.2. The van der Waals surface area contributed by atoms with Crippen molar-refractivity contribution < 1.29 is 36.7 Å². The molecular formula is C19H21N3O8S. The van der Waals surface area contributed by atoms with Crippen LogP contribution in [0, 0.1) is 0 Å². The number of esters is 1. The number of carbonyl (C=O) groups is 3. The maximum absolute atomic E-state index is 12.7. The second-order valence-electron chi connectivity index (χ2n) is 6.43. The van der Waals surface area contributed by atoms with E-state index in [-0.39, 0.29) is 30.1 Å². The molecule has 1 aromatic heterocycles. The van der Waals surface area contributed by atoms with E-state index in [1.54, 1.807) is 12.1 Å². The first-order chi connectivity index (χ1) is 14.9. The lowest BCUT2D eigenvalue weighted by molar-refractivity contribution is -0.123. The van der Waals surface area contributed by atoms with Crippen molar-refractivity contribution in [2.45, 2.75) is 11.4 Å². The Morgan fingerprint density at radius 2 is 1.87 bits per heavy atom. The Hall–Kier alpha value is -3.22. The van der Waals surface area contributed by atoms with Gasteiger partial charge in [-0.2, -0.15) is 4.31 Å². The van der Waals surface area contributed by atoms with Crippen molar-refractivity contribution in [2.24, 2.45) is 0 Å². The van der Waals surface area contributed by atoms with Gasteiger partial charge in [0.1, 0.15) is 5.76 Å². The first-order valence-electron chi connectivity index (χ1n) is 9.31. The monoisotopic (exact) mass is 451 g/mol. The number of hydrogen-bond acceptors (Lipinski definition) is 8. The van der Waals surface area contributed by atoms with Crippen LogP contribution in [-0.2, 0) is 30.8 Å². The van der Waals surface area contributed by atoms with E-state index in [9.17, 15) is 22.8 Å². The third kappa shape index (κ3) is 6.13. The molecule has 2 N–H and O–H groups in total. The Morgan fingerprint density at radius 3 is 2.58 bits per heavy atom. The van der Waals surface area contributed by atoms with Gasteiger partial charge in [-0.25, -0.2) is 18.0 Å². The molecule has 0 aliphatic carbocycles. The molecule has 1 aromatic carbocycles. The zero-order chi connectivity index (χ0) is 22.3. The fourth-order valence-corrected chi connectivity index (χ4v) is 4.18. The number of amides is 3. The highest BCUT2D eigenvalue weighted by molar-refractivity contribution is 7.89. The van der Waals surface area contributed by atoms with Gasteiger partial charge in [0.15, 0.2) is 6.61 Å². The van der Waals surface area contributed by atoms with Crippen molar-refractivity contribution in [3.63, 3.8) is 0 Å². The molecule has 1 aliphatic heterocycles. The van der Waals surface area contributed by atoms with E-state index in [1.165, 1.54) is 34.8 Å². The Labute approximate surface area is 178 Å². The van der Waals surface area contributed by atoms with Gasteiger partial charge in [-0.1, -0.05) is 6.07 Å². The second-order valence-corrected chi connectivity index (χ2v) is 8.37. The summed E-state index contributed by atoms with van der Waals surface area (Å²) in [4.78, 5) is 35.6. The first-order valence-corrected chi connectivity index (χ1v) is 10.8. The van der Waals surface area contributed by atoms with Gasteiger partial charge in [-0.15, -0.1) is 0 Å². The minimum Gasteiger partial charge on any atom is -0.467 e. The average molecular weight is 451 g/mol. The molecule has 0 atom stereocenters. The summed E-state index contributed by atoms with van der Waals surface area (Å²) >= 11 is 0. The molecule has 0 unspecified atom stereocenters. The van der Waals surface area contributed by atoms with Crippen molar-refractivity contribution in [2.75, 3.05) is 32.9 Å². The zero-order valence-electron chi connectivity index (χ0n) is 16.4. The Balaban J connectivity index is 1.51. The summed E-state index contributed by atoms with van der Waals surface area (Å²) in [6.07, 6.45) is 1.45. The number of benzene rings is 1. The standard InChI is InChI=1S/C19H21N3O8S/c23-17(21-19(25)20-12-15-4-2-8-29-15)13-30-18(24)14-3-1-5-16(11-14)31(26,27)22-6-9-28-10-7-22/h1-5,8,11H,6-7,9-10,12-13H2,(H2,20,21,23,25). The number of sulfonamides is 1. The van der Waals surface area contributed by atoms with Crippen LogP contribution in [0.25, 0.3) is 0 Å². The van der Waals surface area contributed by atoms with Crippen molar-refractivity contribution in [1.82, 2.24) is 14.9 Å². The van der Waals surface area contributed by atoms with Crippen molar-refractivity contribution in [3.05, 3.63) is 54.0 Å². The van der Waals surface area contributed by atoms with Crippen LogP contribution in [0.1, 0.15) is 16.1 Å². The maximum atomic E-state index is 12.7. The van der Waals surface area contributed by atoms with Gasteiger partial charge in [-0.3, -0.25) is 10.1 Å². The Morgan fingerprint density at radius 1 is 1.10 bits per heavy atom. The number of nitrogens with one attached hydrogen (secondary N) is 2. The number of furan rings is 1. The van der Waals surface area contributed by atoms with Gasteiger partial charge >= 0.3 is 12.0 Å². The summed E-state index contributed by atoms with van der Waals surface area (Å²) in [5.74, 6) is -1.24. The summed E-state index contributed by atoms with van der Waals surface area (Å²) in [5, 5.41) is 4.41. The van der Waals surface area contributed by atoms with Gasteiger partial charge in [0.2, 0.25) is 10.0 Å². The van der Waals surface area contributed by atoms with Crippen LogP contribution in [0.4, 0.5) is 4.79 Å². The van der Waals surface area contributed by atoms with Gasteiger partial charge < -0.3 is 19.2 Å². The first kappa shape index (κ1) is 22.5. The van der Waals surface area contributed by atoms with E-state index in [0.717, 1.165) is 0 Å². The van der Waals surface area contributed by atoms with E-state index in [4.69, 9.17) is 13.9 Å². The lowest BCUT2D eigenvalue weighted by Crippen LogP contribution is -2.41. The van der Waals surface area contributed by atoms with Crippen molar-refractivity contribution >= 4 is 27.9 Å². The fraction of sp³-hybridized carbons (Fsp3) is 0.316. The molecule has 2 aromatic rings.